The highest BCUT2D eigenvalue weighted by atomic mass is 32.1. The lowest BCUT2D eigenvalue weighted by molar-refractivity contribution is -0.115. The molecular formula is C25H25N5OS. The second-order valence-corrected chi connectivity index (χ2v) is 9.08. The number of carbonyl (C=O) groups is 1. The molecule has 162 valence electrons. The highest BCUT2D eigenvalue weighted by Crippen LogP contribution is 2.26. The van der Waals surface area contributed by atoms with Gasteiger partial charge in [0.25, 0.3) is 0 Å². The van der Waals surface area contributed by atoms with Crippen LogP contribution in [0.1, 0.15) is 36.3 Å². The van der Waals surface area contributed by atoms with Crippen LogP contribution in [0, 0.1) is 6.92 Å². The van der Waals surface area contributed by atoms with Crippen LogP contribution in [0.4, 0.5) is 5.69 Å². The third-order valence-electron chi connectivity index (χ3n) is 5.67. The summed E-state index contributed by atoms with van der Waals surface area (Å²) in [5.74, 6) is 1.85. The fourth-order valence-corrected chi connectivity index (χ4v) is 4.92. The third kappa shape index (κ3) is 4.48. The van der Waals surface area contributed by atoms with E-state index < -0.39 is 0 Å². The molecule has 0 fully saturated rings. The highest BCUT2D eigenvalue weighted by molar-refractivity contribution is 7.13. The number of nitrogens with zero attached hydrogens (tertiary/aromatic N) is 4. The number of thiazole rings is 1. The zero-order valence-electron chi connectivity index (χ0n) is 18.0. The number of aromatic nitrogens is 4. The van der Waals surface area contributed by atoms with Crippen molar-refractivity contribution in [2.45, 2.75) is 45.6 Å². The van der Waals surface area contributed by atoms with E-state index in [2.05, 4.69) is 44.1 Å². The molecule has 4 aromatic rings. The van der Waals surface area contributed by atoms with Crippen LogP contribution in [0.5, 0.6) is 0 Å². The lowest BCUT2D eigenvalue weighted by Gasteiger charge is -2.09. The molecule has 5 rings (SSSR count). The van der Waals surface area contributed by atoms with Gasteiger partial charge in [0, 0.05) is 35.2 Å². The quantitative estimate of drug-likeness (QED) is 0.455. The summed E-state index contributed by atoms with van der Waals surface area (Å²) in [6.45, 7) is 3.01. The average Bonchev–Trinajstić information content (AvgIpc) is 3.35. The molecule has 32 heavy (non-hydrogen) atoms. The standard InChI is InChI=1S/C25H25N5OS/c1-17-7-5-9-19(13-17)25-27-21(16-32-25)15-23(31)26-20-10-6-8-18(14-20)24-29-28-22-11-3-2-4-12-30(22)24/h5-10,13-14,16H,2-4,11-12,15H2,1H3,(H,26,31). The van der Waals surface area contributed by atoms with E-state index in [0.29, 0.717) is 0 Å². The largest absolute Gasteiger partial charge is 0.326 e. The first-order valence-corrected chi connectivity index (χ1v) is 11.9. The Balaban J connectivity index is 1.28. The number of amides is 1. The molecule has 0 radical (unpaired) electrons. The summed E-state index contributed by atoms with van der Waals surface area (Å²) in [5, 5.41) is 14.7. The SMILES string of the molecule is Cc1cccc(-c2nc(CC(=O)Nc3cccc(-c4nnc5n4CCCCC5)c3)cs2)c1. The Labute approximate surface area is 191 Å². The van der Waals surface area contributed by atoms with E-state index in [-0.39, 0.29) is 12.3 Å². The van der Waals surface area contributed by atoms with Gasteiger partial charge in [-0.25, -0.2) is 4.98 Å². The van der Waals surface area contributed by atoms with Gasteiger partial charge in [-0.3, -0.25) is 4.79 Å². The number of benzene rings is 2. The monoisotopic (exact) mass is 443 g/mol. The average molecular weight is 444 g/mol. The summed E-state index contributed by atoms with van der Waals surface area (Å²) in [4.78, 5) is 17.3. The smallest absolute Gasteiger partial charge is 0.230 e. The van der Waals surface area contributed by atoms with Crippen molar-refractivity contribution in [3.8, 4) is 22.0 Å². The molecule has 1 aliphatic heterocycles. The molecule has 7 heteroatoms. The maximum atomic E-state index is 12.7. The topological polar surface area (TPSA) is 72.7 Å². The molecule has 0 bridgehead atoms. The number of hydrogen-bond donors (Lipinski definition) is 1. The third-order valence-corrected chi connectivity index (χ3v) is 6.61. The fourth-order valence-electron chi connectivity index (χ4n) is 4.10. The lowest BCUT2D eigenvalue weighted by atomic mass is 10.1. The Kier molecular flexibility index (Phi) is 5.81. The van der Waals surface area contributed by atoms with Crippen molar-refractivity contribution >= 4 is 22.9 Å². The summed E-state index contributed by atoms with van der Waals surface area (Å²) in [6, 6.07) is 16.1. The number of aryl methyl sites for hydroxylation is 2. The molecular weight excluding hydrogens is 418 g/mol. The van der Waals surface area contributed by atoms with Crippen molar-refractivity contribution in [3.63, 3.8) is 0 Å². The lowest BCUT2D eigenvalue weighted by Crippen LogP contribution is -2.14. The molecule has 2 aromatic heterocycles. The van der Waals surface area contributed by atoms with Crippen LogP contribution in [0.3, 0.4) is 0 Å². The molecule has 2 aromatic carbocycles. The second kappa shape index (κ2) is 9.04. The van der Waals surface area contributed by atoms with Gasteiger partial charge in [-0.15, -0.1) is 21.5 Å². The van der Waals surface area contributed by atoms with Gasteiger partial charge >= 0.3 is 0 Å². The van der Waals surface area contributed by atoms with Gasteiger partial charge in [-0.05, 0) is 38.0 Å². The van der Waals surface area contributed by atoms with Crippen LogP contribution in [-0.4, -0.2) is 25.7 Å². The summed E-state index contributed by atoms with van der Waals surface area (Å²) in [5.41, 5.74) is 4.79. The number of rotatable bonds is 5. The van der Waals surface area contributed by atoms with Gasteiger partial charge in [-0.2, -0.15) is 0 Å². The van der Waals surface area contributed by atoms with Gasteiger partial charge in [0.05, 0.1) is 12.1 Å². The van der Waals surface area contributed by atoms with Crippen molar-refractivity contribution in [2.75, 3.05) is 5.32 Å². The predicted molar refractivity (Wildman–Crippen MR) is 128 cm³/mol. The van der Waals surface area contributed by atoms with E-state index in [4.69, 9.17) is 0 Å². The molecule has 6 nitrogen and oxygen atoms in total. The van der Waals surface area contributed by atoms with Gasteiger partial charge in [0.15, 0.2) is 5.82 Å². The molecule has 0 aliphatic carbocycles. The summed E-state index contributed by atoms with van der Waals surface area (Å²) in [6.07, 6.45) is 4.75. The first kappa shape index (κ1) is 20.6. The van der Waals surface area contributed by atoms with Crippen molar-refractivity contribution in [1.82, 2.24) is 19.7 Å². The molecule has 0 saturated heterocycles. The number of nitrogens with one attached hydrogen (secondary N) is 1. The van der Waals surface area contributed by atoms with Crippen LogP contribution in [0.25, 0.3) is 22.0 Å². The first-order chi connectivity index (χ1) is 15.7. The number of carbonyl (C=O) groups excluding carboxylic acids is 1. The molecule has 1 amide bonds. The minimum Gasteiger partial charge on any atom is -0.326 e. The minimum absolute atomic E-state index is 0.0803. The van der Waals surface area contributed by atoms with Crippen molar-refractivity contribution in [3.05, 3.63) is 71.0 Å². The van der Waals surface area contributed by atoms with Crippen LogP contribution in [-0.2, 0) is 24.2 Å². The Bertz CT molecular complexity index is 1260. The number of fused-ring (bicyclic) bond motifs is 1. The Morgan fingerprint density at radius 1 is 1.06 bits per heavy atom. The molecule has 1 N–H and O–H groups in total. The Morgan fingerprint density at radius 2 is 1.94 bits per heavy atom. The molecule has 0 unspecified atom stereocenters. The summed E-state index contributed by atoms with van der Waals surface area (Å²) in [7, 11) is 0. The van der Waals surface area contributed by atoms with E-state index in [1.165, 1.54) is 12.0 Å². The zero-order valence-corrected chi connectivity index (χ0v) is 18.9. The Hall–Kier alpha value is -3.32. The van der Waals surface area contributed by atoms with E-state index in [1.807, 2.05) is 41.8 Å². The Morgan fingerprint density at radius 3 is 2.84 bits per heavy atom. The van der Waals surface area contributed by atoms with Gasteiger partial charge in [-0.1, -0.05) is 42.3 Å². The first-order valence-electron chi connectivity index (χ1n) is 11.0. The van der Waals surface area contributed by atoms with Gasteiger partial charge in [0.1, 0.15) is 10.8 Å². The maximum Gasteiger partial charge on any atom is 0.230 e. The molecule has 1 aliphatic rings. The van der Waals surface area contributed by atoms with Crippen molar-refractivity contribution in [2.24, 2.45) is 0 Å². The summed E-state index contributed by atoms with van der Waals surface area (Å²) < 4.78 is 2.22. The van der Waals surface area contributed by atoms with Gasteiger partial charge < -0.3 is 9.88 Å². The maximum absolute atomic E-state index is 12.7. The van der Waals surface area contributed by atoms with Crippen molar-refractivity contribution < 1.29 is 4.79 Å². The van der Waals surface area contributed by atoms with E-state index in [1.54, 1.807) is 11.3 Å². The van der Waals surface area contributed by atoms with E-state index in [0.717, 1.165) is 65.0 Å². The number of hydrogen-bond acceptors (Lipinski definition) is 5. The molecule has 3 heterocycles. The van der Waals surface area contributed by atoms with Crippen LogP contribution in [0.2, 0.25) is 0 Å². The fraction of sp³-hybridized carbons (Fsp3) is 0.280. The van der Waals surface area contributed by atoms with E-state index >= 15 is 0 Å². The predicted octanol–water partition coefficient (Wildman–Crippen LogP) is 5.28. The zero-order chi connectivity index (χ0) is 21.9. The van der Waals surface area contributed by atoms with Crippen LogP contribution < -0.4 is 5.32 Å². The van der Waals surface area contributed by atoms with Crippen molar-refractivity contribution in [1.29, 1.82) is 0 Å². The van der Waals surface area contributed by atoms with Crippen LogP contribution >= 0.6 is 11.3 Å². The van der Waals surface area contributed by atoms with E-state index in [9.17, 15) is 4.79 Å². The minimum atomic E-state index is -0.0803. The van der Waals surface area contributed by atoms with Gasteiger partial charge in [0.2, 0.25) is 5.91 Å². The molecule has 0 spiro atoms. The molecule has 0 atom stereocenters. The molecule has 0 saturated carbocycles. The van der Waals surface area contributed by atoms with Crippen LogP contribution in [0.15, 0.2) is 53.9 Å². The second-order valence-electron chi connectivity index (χ2n) is 8.22. The normalized spacial score (nSPS) is 13.4. The number of anilines is 1. The highest BCUT2D eigenvalue weighted by Gasteiger charge is 2.16. The summed E-state index contributed by atoms with van der Waals surface area (Å²) >= 11 is 1.57.